The molecule has 1 aromatic carbocycles. The summed E-state index contributed by atoms with van der Waals surface area (Å²) in [6.45, 7) is 5.10. The van der Waals surface area contributed by atoms with Crippen LogP contribution in [-0.4, -0.2) is 59.3 Å². The Balaban J connectivity index is 1.33. The fraction of sp³-hybridized carbons (Fsp3) is 0.591. The van der Waals surface area contributed by atoms with Crippen LogP contribution in [-0.2, 0) is 23.4 Å². The quantitative estimate of drug-likeness (QED) is 0.746. The van der Waals surface area contributed by atoms with Gasteiger partial charge in [-0.05, 0) is 49.9 Å². The lowest BCUT2D eigenvalue weighted by Gasteiger charge is -2.37. The summed E-state index contributed by atoms with van der Waals surface area (Å²) in [5.41, 5.74) is 1.08. The fourth-order valence-corrected chi connectivity index (χ4v) is 5.35. The summed E-state index contributed by atoms with van der Waals surface area (Å²) in [7, 11) is 1.76. The van der Waals surface area contributed by atoms with Crippen LogP contribution in [0.3, 0.4) is 0 Å². The van der Waals surface area contributed by atoms with E-state index in [4.69, 9.17) is 9.72 Å². The Labute approximate surface area is 176 Å². The van der Waals surface area contributed by atoms with Crippen LogP contribution in [0.5, 0.6) is 0 Å². The van der Waals surface area contributed by atoms with Gasteiger partial charge in [0, 0.05) is 38.2 Å². The normalized spacial score (nSPS) is 22.9. The standard InChI is InChI=1S/C22H30FN3O2S/c1-28-15-19-3-2-10-26(19)14-21-24-20(16-29-21)22(27)8-11-25(12-9-22)13-17-4-6-18(23)7-5-17/h4-7,16,19,27H,2-3,8-15H2,1H3/t19-/m1/s1. The molecule has 2 saturated heterocycles. The average molecular weight is 420 g/mol. The molecule has 5 nitrogen and oxygen atoms in total. The van der Waals surface area contributed by atoms with Gasteiger partial charge < -0.3 is 9.84 Å². The highest BCUT2D eigenvalue weighted by atomic mass is 32.1. The molecule has 1 atom stereocenters. The third-order valence-corrected chi connectivity index (χ3v) is 7.06. The fourth-order valence-electron chi connectivity index (χ4n) is 4.44. The molecule has 4 rings (SSSR count). The smallest absolute Gasteiger partial charge is 0.123 e. The van der Waals surface area contributed by atoms with E-state index in [2.05, 4.69) is 9.80 Å². The zero-order chi connectivity index (χ0) is 20.3. The summed E-state index contributed by atoms with van der Waals surface area (Å²) in [6, 6.07) is 7.15. The molecule has 7 heteroatoms. The van der Waals surface area contributed by atoms with Crippen molar-refractivity contribution in [2.75, 3.05) is 33.4 Å². The number of likely N-dealkylation sites (tertiary alicyclic amines) is 2. The number of aromatic nitrogens is 1. The number of thiazole rings is 1. The first-order valence-electron chi connectivity index (χ1n) is 10.4. The third-order valence-electron chi connectivity index (χ3n) is 6.23. The molecule has 0 unspecified atom stereocenters. The minimum Gasteiger partial charge on any atom is -0.383 e. The van der Waals surface area contributed by atoms with Gasteiger partial charge in [-0.2, -0.15) is 0 Å². The second kappa shape index (κ2) is 9.18. The van der Waals surface area contributed by atoms with Gasteiger partial charge in [-0.1, -0.05) is 12.1 Å². The maximum atomic E-state index is 13.1. The molecule has 3 heterocycles. The van der Waals surface area contributed by atoms with Crippen LogP contribution < -0.4 is 0 Å². The maximum Gasteiger partial charge on any atom is 0.123 e. The monoisotopic (exact) mass is 419 g/mol. The molecule has 1 aromatic heterocycles. The Morgan fingerprint density at radius 1 is 1.21 bits per heavy atom. The molecule has 158 valence electrons. The number of methoxy groups -OCH3 is 1. The molecule has 2 aliphatic rings. The second-order valence-corrected chi connectivity index (χ2v) is 9.23. The highest BCUT2D eigenvalue weighted by Crippen LogP contribution is 2.34. The van der Waals surface area contributed by atoms with Crippen molar-refractivity contribution in [2.45, 2.75) is 50.4 Å². The van der Waals surface area contributed by atoms with Gasteiger partial charge >= 0.3 is 0 Å². The number of rotatable bonds is 7. The Bertz CT molecular complexity index is 790. The number of piperidine rings is 1. The van der Waals surface area contributed by atoms with Gasteiger partial charge in [-0.3, -0.25) is 9.80 Å². The Morgan fingerprint density at radius 2 is 1.97 bits per heavy atom. The van der Waals surface area contributed by atoms with Gasteiger partial charge in [0.05, 0.1) is 18.8 Å². The SMILES string of the molecule is COC[C@H]1CCCN1Cc1nc(C2(O)CCN(Cc3ccc(F)cc3)CC2)cs1. The van der Waals surface area contributed by atoms with Crippen LogP contribution in [0.15, 0.2) is 29.6 Å². The molecule has 2 aromatic rings. The predicted octanol–water partition coefficient (Wildman–Crippen LogP) is 3.38. The molecule has 1 N–H and O–H groups in total. The number of ether oxygens (including phenoxy) is 1. The summed E-state index contributed by atoms with van der Waals surface area (Å²) in [5.74, 6) is -0.205. The number of aliphatic hydroxyl groups is 1. The molecular weight excluding hydrogens is 389 g/mol. The maximum absolute atomic E-state index is 13.1. The first kappa shape index (κ1) is 20.9. The molecule has 0 aliphatic carbocycles. The number of benzene rings is 1. The first-order chi connectivity index (χ1) is 14.1. The van der Waals surface area contributed by atoms with Crippen LogP contribution in [0, 0.1) is 5.82 Å². The van der Waals surface area contributed by atoms with E-state index in [1.54, 1.807) is 18.4 Å². The Morgan fingerprint density at radius 3 is 2.69 bits per heavy atom. The molecule has 0 bridgehead atoms. The molecule has 0 amide bonds. The number of nitrogens with zero attached hydrogens (tertiary/aromatic N) is 3. The highest BCUT2D eigenvalue weighted by molar-refractivity contribution is 7.09. The van der Waals surface area contributed by atoms with Gasteiger partial charge in [0.25, 0.3) is 0 Å². The van der Waals surface area contributed by atoms with Crippen molar-refractivity contribution in [2.24, 2.45) is 0 Å². The van der Waals surface area contributed by atoms with E-state index in [-0.39, 0.29) is 5.82 Å². The van der Waals surface area contributed by atoms with E-state index in [9.17, 15) is 9.50 Å². The lowest BCUT2D eigenvalue weighted by molar-refractivity contribution is -0.0308. The van der Waals surface area contributed by atoms with E-state index in [0.717, 1.165) is 55.6 Å². The van der Waals surface area contributed by atoms with Crippen molar-refractivity contribution in [1.29, 1.82) is 0 Å². The van der Waals surface area contributed by atoms with Gasteiger partial charge in [-0.25, -0.2) is 9.37 Å². The average Bonchev–Trinajstić information content (AvgIpc) is 3.37. The molecule has 29 heavy (non-hydrogen) atoms. The van der Waals surface area contributed by atoms with Gasteiger partial charge in [0.15, 0.2) is 0 Å². The van der Waals surface area contributed by atoms with Crippen LogP contribution >= 0.6 is 11.3 Å². The number of hydrogen-bond donors (Lipinski definition) is 1. The van der Waals surface area contributed by atoms with Gasteiger partial charge in [-0.15, -0.1) is 11.3 Å². The molecule has 0 saturated carbocycles. The predicted molar refractivity (Wildman–Crippen MR) is 112 cm³/mol. The van der Waals surface area contributed by atoms with Crippen molar-refractivity contribution < 1.29 is 14.2 Å². The van der Waals surface area contributed by atoms with Crippen LogP contribution in [0.4, 0.5) is 4.39 Å². The molecule has 0 spiro atoms. The third kappa shape index (κ3) is 5.03. The van der Waals surface area contributed by atoms with E-state index in [1.165, 1.54) is 25.0 Å². The van der Waals surface area contributed by atoms with Gasteiger partial charge in [0.1, 0.15) is 16.4 Å². The molecule has 2 fully saturated rings. The van der Waals surface area contributed by atoms with E-state index in [1.807, 2.05) is 17.5 Å². The van der Waals surface area contributed by atoms with Crippen molar-refractivity contribution in [3.8, 4) is 0 Å². The summed E-state index contributed by atoms with van der Waals surface area (Å²) in [4.78, 5) is 9.57. The van der Waals surface area contributed by atoms with Crippen LogP contribution in [0.1, 0.15) is 41.9 Å². The molecule has 0 radical (unpaired) electrons. The van der Waals surface area contributed by atoms with E-state index in [0.29, 0.717) is 18.9 Å². The van der Waals surface area contributed by atoms with Gasteiger partial charge in [0.2, 0.25) is 0 Å². The highest BCUT2D eigenvalue weighted by Gasteiger charge is 2.36. The molecular formula is C22H30FN3O2S. The lowest BCUT2D eigenvalue weighted by Crippen LogP contribution is -2.42. The topological polar surface area (TPSA) is 48.8 Å². The first-order valence-corrected chi connectivity index (χ1v) is 11.3. The van der Waals surface area contributed by atoms with Crippen LogP contribution in [0.2, 0.25) is 0 Å². The zero-order valence-electron chi connectivity index (χ0n) is 17.0. The van der Waals surface area contributed by atoms with Crippen molar-refractivity contribution in [3.63, 3.8) is 0 Å². The summed E-state index contributed by atoms with van der Waals surface area (Å²) >= 11 is 1.65. The van der Waals surface area contributed by atoms with E-state index >= 15 is 0 Å². The lowest BCUT2D eigenvalue weighted by atomic mass is 9.88. The summed E-state index contributed by atoms with van der Waals surface area (Å²) in [5, 5.41) is 14.3. The van der Waals surface area contributed by atoms with Crippen molar-refractivity contribution in [3.05, 3.63) is 51.7 Å². The summed E-state index contributed by atoms with van der Waals surface area (Å²) in [6.07, 6.45) is 3.74. The van der Waals surface area contributed by atoms with Crippen molar-refractivity contribution in [1.82, 2.24) is 14.8 Å². The Hall–Kier alpha value is -1.38. The molecule has 2 aliphatic heterocycles. The zero-order valence-corrected chi connectivity index (χ0v) is 17.8. The second-order valence-electron chi connectivity index (χ2n) is 8.28. The van der Waals surface area contributed by atoms with Crippen molar-refractivity contribution >= 4 is 11.3 Å². The minimum absolute atomic E-state index is 0.205. The Kier molecular flexibility index (Phi) is 6.61. The number of halogens is 1. The number of hydrogen-bond acceptors (Lipinski definition) is 6. The summed E-state index contributed by atoms with van der Waals surface area (Å²) < 4.78 is 18.4. The van der Waals surface area contributed by atoms with Crippen LogP contribution in [0.25, 0.3) is 0 Å². The van der Waals surface area contributed by atoms with E-state index < -0.39 is 5.60 Å². The largest absolute Gasteiger partial charge is 0.383 e. The minimum atomic E-state index is -0.842.